The van der Waals surface area contributed by atoms with E-state index in [1.54, 1.807) is 0 Å². The molecule has 0 saturated heterocycles. The zero-order valence-electron chi connectivity index (χ0n) is 14.2. The summed E-state index contributed by atoms with van der Waals surface area (Å²) in [5.41, 5.74) is 1.13. The van der Waals surface area contributed by atoms with E-state index in [0.29, 0.717) is 6.04 Å². The predicted molar refractivity (Wildman–Crippen MR) is 90.4 cm³/mol. The van der Waals surface area contributed by atoms with Crippen molar-refractivity contribution >= 4 is 0 Å². The summed E-state index contributed by atoms with van der Waals surface area (Å²) in [5, 5.41) is 3.59. The number of hydrogen-bond acceptors (Lipinski definition) is 3. The molecule has 0 aromatic carbocycles. The van der Waals surface area contributed by atoms with Crippen LogP contribution in [0.15, 0.2) is 12.4 Å². The monoisotopic (exact) mass is 291 g/mol. The summed E-state index contributed by atoms with van der Waals surface area (Å²) in [4.78, 5) is 8.99. The van der Waals surface area contributed by atoms with Gasteiger partial charge >= 0.3 is 0 Å². The lowest BCUT2D eigenvalue weighted by atomic mass is 10.0. The Bertz CT molecular complexity index is 348. The summed E-state index contributed by atoms with van der Waals surface area (Å²) in [6.45, 7) is 7.55. The SMILES string of the molecule is CCCCCCCCCC(NCCC)c1ncc(C)cn1. The Hall–Kier alpha value is -0.960. The van der Waals surface area contributed by atoms with E-state index in [4.69, 9.17) is 0 Å². The lowest BCUT2D eigenvalue weighted by Gasteiger charge is -2.17. The molecule has 0 aliphatic carbocycles. The number of nitrogens with one attached hydrogen (secondary N) is 1. The third-order valence-electron chi connectivity index (χ3n) is 3.85. The van der Waals surface area contributed by atoms with E-state index in [1.165, 1.54) is 44.9 Å². The molecule has 1 aromatic heterocycles. The maximum atomic E-state index is 4.50. The number of nitrogens with zero attached hydrogens (tertiary/aromatic N) is 2. The quantitative estimate of drug-likeness (QED) is 0.553. The molecule has 1 aromatic rings. The third kappa shape index (κ3) is 8.15. The summed E-state index contributed by atoms with van der Waals surface area (Å²) >= 11 is 0. The summed E-state index contributed by atoms with van der Waals surface area (Å²) in [5.74, 6) is 0.958. The molecule has 3 nitrogen and oxygen atoms in total. The highest BCUT2D eigenvalue weighted by atomic mass is 15.0. The van der Waals surface area contributed by atoms with Crippen LogP contribution in [-0.2, 0) is 0 Å². The van der Waals surface area contributed by atoms with Gasteiger partial charge in [0.2, 0.25) is 0 Å². The Morgan fingerprint density at radius 1 is 0.905 bits per heavy atom. The molecule has 1 atom stereocenters. The van der Waals surface area contributed by atoms with Crippen LogP contribution in [0.25, 0.3) is 0 Å². The van der Waals surface area contributed by atoms with Gasteiger partial charge in [-0.25, -0.2) is 9.97 Å². The fraction of sp³-hybridized carbons (Fsp3) is 0.778. The first-order valence-electron chi connectivity index (χ1n) is 8.79. The molecule has 1 N–H and O–H groups in total. The average molecular weight is 291 g/mol. The lowest BCUT2D eigenvalue weighted by Crippen LogP contribution is -2.24. The molecule has 0 aliphatic rings. The van der Waals surface area contributed by atoms with Crippen molar-refractivity contribution < 1.29 is 0 Å². The Kier molecular flexibility index (Phi) is 10.1. The first-order valence-corrected chi connectivity index (χ1v) is 8.79. The maximum Gasteiger partial charge on any atom is 0.145 e. The average Bonchev–Trinajstić information content (AvgIpc) is 2.50. The van der Waals surface area contributed by atoms with E-state index < -0.39 is 0 Å². The summed E-state index contributed by atoms with van der Waals surface area (Å²) in [7, 11) is 0. The second-order valence-corrected chi connectivity index (χ2v) is 6.04. The van der Waals surface area contributed by atoms with Crippen LogP contribution >= 0.6 is 0 Å². The predicted octanol–water partition coefficient (Wildman–Crippen LogP) is 4.97. The summed E-state index contributed by atoms with van der Waals surface area (Å²) < 4.78 is 0. The minimum Gasteiger partial charge on any atom is -0.307 e. The number of rotatable bonds is 12. The first kappa shape index (κ1) is 18.1. The van der Waals surface area contributed by atoms with Crippen LogP contribution in [-0.4, -0.2) is 16.5 Å². The summed E-state index contributed by atoms with van der Waals surface area (Å²) in [6.07, 6.45) is 15.6. The number of aryl methyl sites for hydroxylation is 1. The molecule has 1 unspecified atom stereocenters. The van der Waals surface area contributed by atoms with Crippen molar-refractivity contribution in [1.29, 1.82) is 0 Å². The van der Waals surface area contributed by atoms with Crippen molar-refractivity contribution in [2.45, 2.75) is 84.6 Å². The van der Waals surface area contributed by atoms with Crippen LogP contribution in [0.2, 0.25) is 0 Å². The molecule has 0 saturated carbocycles. The van der Waals surface area contributed by atoms with Gasteiger partial charge in [-0.2, -0.15) is 0 Å². The highest BCUT2D eigenvalue weighted by Gasteiger charge is 2.12. The van der Waals surface area contributed by atoms with Crippen LogP contribution < -0.4 is 5.32 Å². The fourth-order valence-corrected chi connectivity index (χ4v) is 2.53. The Balaban J connectivity index is 2.31. The van der Waals surface area contributed by atoms with Crippen molar-refractivity contribution in [2.75, 3.05) is 6.54 Å². The number of unbranched alkanes of at least 4 members (excludes halogenated alkanes) is 6. The maximum absolute atomic E-state index is 4.50. The molecular weight excluding hydrogens is 258 g/mol. The van der Waals surface area contributed by atoms with Gasteiger partial charge in [-0.3, -0.25) is 0 Å². The van der Waals surface area contributed by atoms with Crippen LogP contribution in [0.3, 0.4) is 0 Å². The lowest BCUT2D eigenvalue weighted by molar-refractivity contribution is 0.448. The normalized spacial score (nSPS) is 12.5. The number of hydrogen-bond donors (Lipinski definition) is 1. The largest absolute Gasteiger partial charge is 0.307 e. The second-order valence-electron chi connectivity index (χ2n) is 6.04. The Labute approximate surface area is 131 Å². The van der Waals surface area contributed by atoms with Gasteiger partial charge in [-0.15, -0.1) is 0 Å². The minimum absolute atomic E-state index is 0.321. The van der Waals surface area contributed by atoms with Gasteiger partial charge in [0, 0.05) is 12.4 Å². The third-order valence-corrected chi connectivity index (χ3v) is 3.85. The molecule has 0 amide bonds. The first-order chi connectivity index (χ1) is 10.3. The molecular formula is C18H33N3. The van der Waals surface area contributed by atoms with E-state index in [0.717, 1.165) is 30.8 Å². The molecule has 0 fully saturated rings. The van der Waals surface area contributed by atoms with Crippen LogP contribution in [0, 0.1) is 6.92 Å². The van der Waals surface area contributed by atoms with Crippen molar-refractivity contribution in [2.24, 2.45) is 0 Å². The summed E-state index contributed by atoms with van der Waals surface area (Å²) in [6, 6.07) is 0.321. The molecule has 1 heterocycles. The zero-order chi connectivity index (χ0) is 15.3. The van der Waals surface area contributed by atoms with Crippen molar-refractivity contribution in [1.82, 2.24) is 15.3 Å². The molecule has 3 heteroatoms. The van der Waals surface area contributed by atoms with E-state index in [-0.39, 0.29) is 0 Å². The highest BCUT2D eigenvalue weighted by molar-refractivity contribution is 5.04. The fourth-order valence-electron chi connectivity index (χ4n) is 2.53. The second kappa shape index (κ2) is 11.7. The van der Waals surface area contributed by atoms with Gasteiger partial charge < -0.3 is 5.32 Å². The van der Waals surface area contributed by atoms with Crippen LogP contribution in [0.4, 0.5) is 0 Å². The van der Waals surface area contributed by atoms with Gasteiger partial charge in [-0.05, 0) is 31.9 Å². The molecule has 1 rings (SSSR count). The zero-order valence-corrected chi connectivity index (χ0v) is 14.2. The van der Waals surface area contributed by atoms with Gasteiger partial charge in [0.1, 0.15) is 5.82 Å². The topological polar surface area (TPSA) is 37.8 Å². The van der Waals surface area contributed by atoms with Crippen molar-refractivity contribution in [3.63, 3.8) is 0 Å². The molecule has 0 spiro atoms. The Morgan fingerprint density at radius 3 is 2.14 bits per heavy atom. The van der Waals surface area contributed by atoms with Gasteiger partial charge in [0.05, 0.1) is 6.04 Å². The van der Waals surface area contributed by atoms with E-state index in [9.17, 15) is 0 Å². The van der Waals surface area contributed by atoms with Gasteiger partial charge in [-0.1, -0.05) is 58.8 Å². The van der Waals surface area contributed by atoms with Gasteiger partial charge in [0.25, 0.3) is 0 Å². The van der Waals surface area contributed by atoms with Gasteiger partial charge in [0.15, 0.2) is 0 Å². The molecule has 0 aliphatic heterocycles. The van der Waals surface area contributed by atoms with Crippen molar-refractivity contribution in [3.8, 4) is 0 Å². The standard InChI is InChI=1S/C18H33N3/c1-4-6-7-8-9-10-11-12-17(19-13-5-2)18-20-14-16(3)15-21-18/h14-15,17,19H,4-13H2,1-3H3. The number of aromatic nitrogens is 2. The smallest absolute Gasteiger partial charge is 0.145 e. The Morgan fingerprint density at radius 2 is 1.52 bits per heavy atom. The molecule has 120 valence electrons. The van der Waals surface area contributed by atoms with E-state index in [1.807, 2.05) is 19.3 Å². The van der Waals surface area contributed by atoms with Crippen LogP contribution in [0.5, 0.6) is 0 Å². The minimum atomic E-state index is 0.321. The van der Waals surface area contributed by atoms with E-state index >= 15 is 0 Å². The highest BCUT2D eigenvalue weighted by Crippen LogP contribution is 2.17. The molecule has 0 radical (unpaired) electrons. The molecule has 0 bridgehead atoms. The van der Waals surface area contributed by atoms with Crippen molar-refractivity contribution in [3.05, 3.63) is 23.8 Å². The van der Waals surface area contributed by atoms with E-state index in [2.05, 4.69) is 29.1 Å². The molecule has 21 heavy (non-hydrogen) atoms. The van der Waals surface area contributed by atoms with Crippen LogP contribution in [0.1, 0.15) is 89.1 Å².